The van der Waals surface area contributed by atoms with Crippen LogP contribution in [0.2, 0.25) is 5.02 Å². The molecule has 5 nitrogen and oxygen atoms in total. The Morgan fingerprint density at radius 2 is 2.28 bits per heavy atom. The van der Waals surface area contributed by atoms with Crippen molar-refractivity contribution in [3.05, 3.63) is 17.3 Å². The van der Waals surface area contributed by atoms with E-state index in [2.05, 4.69) is 19.8 Å². The Hall–Kier alpha value is -1.33. The molecule has 0 amide bonds. The van der Waals surface area contributed by atoms with Gasteiger partial charge in [-0.1, -0.05) is 11.6 Å². The van der Waals surface area contributed by atoms with E-state index in [4.69, 9.17) is 16.0 Å². The molecule has 2 bridgehead atoms. The molecule has 2 atom stereocenters. The van der Waals surface area contributed by atoms with Gasteiger partial charge in [-0.25, -0.2) is 4.98 Å². The lowest BCUT2D eigenvalue weighted by Gasteiger charge is -2.32. The Kier molecular flexibility index (Phi) is 2.25. The highest BCUT2D eigenvalue weighted by Gasteiger charge is 2.34. The number of pyridine rings is 1. The third kappa shape index (κ3) is 1.58. The highest BCUT2D eigenvalue weighted by atomic mass is 35.5. The maximum absolute atomic E-state index is 5.91. The number of oxazole rings is 1. The van der Waals surface area contributed by atoms with Gasteiger partial charge >= 0.3 is 0 Å². The molecule has 2 saturated heterocycles. The summed E-state index contributed by atoms with van der Waals surface area (Å²) >= 11 is 5.91. The molecule has 2 fully saturated rings. The molecule has 0 radical (unpaired) electrons. The fourth-order valence-corrected chi connectivity index (χ4v) is 3.01. The van der Waals surface area contributed by atoms with Gasteiger partial charge in [0.05, 0.1) is 5.02 Å². The summed E-state index contributed by atoms with van der Waals surface area (Å²) in [5.74, 6) is 0. The quantitative estimate of drug-likeness (QED) is 0.786. The number of anilines is 1. The number of fused-ring (bicyclic) bond motifs is 3. The van der Waals surface area contributed by atoms with Crippen molar-refractivity contribution in [1.29, 1.82) is 0 Å². The molecule has 2 aromatic heterocycles. The van der Waals surface area contributed by atoms with Crippen LogP contribution in [-0.4, -0.2) is 47.1 Å². The van der Waals surface area contributed by atoms with E-state index in [9.17, 15) is 0 Å². The number of piperazine rings is 1. The van der Waals surface area contributed by atoms with Crippen LogP contribution >= 0.6 is 11.6 Å². The summed E-state index contributed by atoms with van der Waals surface area (Å²) in [6.07, 6.45) is 2.79. The van der Waals surface area contributed by atoms with Gasteiger partial charge in [0, 0.05) is 44.5 Å². The number of rotatable bonds is 1. The fourth-order valence-electron chi connectivity index (χ4n) is 2.86. The molecule has 2 aromatic rings. The number of halogens is 1. The molecule has 2 aliphatic heterocycles. The zero-order chi connectivity index (χ0) is 12.1. The third-order valence-corrected chi connectivity index (χ3v) is 4.00. The van der Waals surface area contributed by atoms with E-state index in [1.807, 2.05) is 0 Å². The van der Waals surface area contributed by atoms with E-state index in [1.54, 1.807) is 12.3 Å². The molecule has 2 unspecified atom stereocenters. The highest BCUT2D eigenvalue weighted by molar-refractivity contribution is 6.30. The van der Waals surface area contributed by atoms with Crippen LogP contribution in [0.5, 0.6) is 0 Å². The first-order chi connectivity index (χ1) is 8.79. The molecule has 6 heteroatoms. The van der Waals surface area contributed by atoms with Crippen molar-refractivity contribution in [2.45, 2.75) is 12.5 Å². The summed E-state index contributed by atoms with van der Waals surface area (Å²) in [6.45, 7) is 4.37. The van der Waals surface area contributed by atoms with Gasteiger partial charge in [0.25, 0.3) is 6.01 Å². The first kappa shape index (κ1) is 10.6. The molecule has 0 saturated carbocycles. The summed E-state index contributed by atoms with van der Waals surface area (Å²) < 4.78 is 5.79. The summed E-state index contributed by atoms with van der Waals surface area (Å²) in [4.78, 5) is 13.4. The van der Waals surface area contributed by atoms with Crippen LogP contribution in [0.4, 0.5) is 6.01 Å². The number of hydrogen-bond acceptors (Lipinski definition) is 5. The molecule has 94 valence electrons. The average Bonchev–Trinajstić information content (AvgIpc) is 2.94. The summed E-state index contributed by atoms with van der Waals surface area (Å²) in [5, 5.41) is 0.580. The van der Waals surface area contributed by atoms with E-state index in [0.29, 0.717) is 28.3 Å². The minimum atomic E-state index is 0.530. The van der Waals surface area contributed by atoms with Crippen LogP contribution in [0.3, 0.4) is 0 Å². The highest BCUT2D eigenvalue weighted by Crippen LogP contribution is 2.29. The Morgan fingerprint density at radius 1 is 1.33 bits per heavy atom. The molecule has 18 heavy (non-hydrogen) atoms. The number of hydrogen-bond donors (Lipinski definition) is 0. The molecule has 0 N–H and O–H groups in total. The van der Waals surface area contributed by atoms with Crippen molar-refractivity contribution in [1.82, 2.24) is 14.9 Å². The SMILES string of the molecule is Clc1cnc2nc(N3CCN4CCC3C4)oc2c1. The molecule has 2 aliphatic rings. The zero-order valence-electron chi connectivity index (χ0n) is 9.84. The predicted molar refractivity (Wildman–Crippen MR) is 69.0 cm³/mol. The van der Waals surface area contributed by atoms with E-state index in [0.717, 1.165) is 19.6 Å². The van der Waals surface area contributed by atoms with Gasteiger partial charge in [0.15, 0.2) is 5.58 Å². The van der Waals surface area contributed by atoms with Crippen LogP contribution < -0.4 is 4.90 Å². The summed E-state index contributed by atoms with van der Waals surface area (Å²) in [7, 11) is 0. The second-order valence-corrected chi connectivity index (χ2v) is 5.34. The molecule has 0 spiro atoms. The van der Waals surface area contributed by atoms with Crippen LogP contribution in [0.15, 0.2) is 16.7 Å². The van der Waals surface area contributed by atoms with Crippen molar-refractivity contribution in [3.8, 4) is 0 Å². The number of nitrogens with zero attached hydrogens (tertiary/aromatic N) is 4. The lowest BCUT2D eigenvalue weighted by molar-refractivity contribution is 0.304. The van der Waals surface area contributed by atoms with Crippen molar-refractivity contribution in [3.63, 3.8) is 0 Å². The monoisotopic (exact) mass is 264 g/mol. The maximum atomic E-state index is 5.91. The van der Waals surface area contributed by atoms with Gasteiger partial charge in [-0.05, 0) is 6.42 Å². The first-order valence-corrected chi connectivity index (χ1v) is 6.58. The van der Waals surface area contributed by atoms with Crippen LogP contribution in [0.25, 0.3) is 11.2 Å². The first-order valence-electron chi connectivity index (χ1n) is 6.21. The largest absolute Gasteiger partial charge is 0.422 e. The fraction of sp³-hybridized carbons (Fsp3) is 0.500. The van der Waals surface area contributed by atoms with E-state index in [-0.39, 0.29) is 0 Å². The van der Waals surface area contributed by atoms with Gasteiger partial charge in [0.1, 0.15) is 0 Å². The summed E-state index contributed by atoms with van der Waals surface area (Å²) in [5.41, 5.74) is 1.30. The Morgan fingerprint density at radius 3 is 3.22 bits per heavy atom. The summed E-state index contributed by atoms with van der Waals surface area (Å²) in [6, 6.07) is 2.99. The standard InChI is InChI=1S/C12H13ClN4O/c13-8-5-10-11(14-6-8)15-12(18-10)17-4-3-16-2-1-9(17)7-16/h5-6,9H,1-4,7H2. The third-order valence-electron chi connectivity index (χ3n) is 3.79. The van der Waals surface area contributed by atoms with Gasteiger partial charge in [-0.2, -0.15) is 4.98 Å². The second kappa shape index (κ2) is 3.83. The van der Waals surface area contributed by atoms with Crippen molar-refractivity contribution in [2.75, 3.05) is 31.1 Å². The topological polar surface area (TPSA) is 45.4 Å². The molecule has 0 aliphatic carbocycles. The Balaban J connectivity index is 1.73. The molecule has 4 rings (SSSR count). The molecular weight excluding hydrogens is 252 g/mol. The van der Waals surface area contributed by atoms with Crippen LogP contribution in [0.1, 0.15) is 6.42 Å². The van der Waals surface area contributed by atoms with Crippen LogP contribution in [0, 0.1) is 0 Å². The van der Waals surface area contributed by atoms with Gasteiger partial charge in [-0.15, -0.1) is 0 Å². The Bertz CT molecular complexity index is 599. The normalized spacial score (nSPS) is 27.1. The number of aromatic nitrogens is 2. The molecule has 4 heterocycles. The Labute approximate surface area is 109 Å². The van der Waals surface area contributed by atoms with Gasteiger partial charge < -0.3 is 9.32 Å². The minimum Gasteiger partial charge on any atom is -0.422 e. The smallest absolute Gasteiger partial charge is 0.300 e. The lowest BCUT2D eigenvalue weighted by Crippen LogP contribution is -2.46. The van der Waals surface area contributed by atoms with Gasteiger partial charge in [-0.3, -0.25) is 4.90 Å². The van der Waals surface area contributed by atoms with Gasteiger partial charge in [0.2, 0.25) is 5.65 Å². The maximum Gasteiger partial charge on any atom is 0.300 e. The minimum absolute atomic E-state index is 0.530. The van der Waals surface area contributed by atoms with Crippen LogP contribution in [-0.2, 0) is 0 Å². The van der Waals surface area contributed by atoms with Crippen molar-refractivity contribution in [2.24, 2.45) is 0 Å². The molecule has 0 aromatic carbocycles. The zero-order valence-corrected chi connectivity index (χ0v) is 10.6. The predicted octanol–water partition coefficient (Wildman–Crippen LogP) is 1.77. The van der Waals surface area contributed by atoms with E-state index < -0.39 is 0 Å². The van der Waals surface area contributed by atoms with E-state index >= 15 is 0 Å². The lowest BCUT2D eigenvalue weighted by atomic mass is 10.2. The van der Waals surface area contributed by atoms with Crippen molar-refractivity contribution >= 4 is 28.8 Å². The molecular formula is C12H13ClN4O. The average molecular weight is 265 g/mol. The second-order valence-electron chi connectivity index (χ2n) is 4.91. The van der Waals surface area contributed by atoms with Crippen molar-refractivity contribution < 1.29 is 4.42 Å². The van der Waals surface area contributed by atoms with E-state index in [1.165, 1.54) is 13.0 Å².